The molecule has 0 spiro atoms. The predicted molar refractivity (Wildman–Crippen MR) is 138 cm³/mol. The van der Waals surface area contributed by atoms with Crippen molar-refractivity contribution in [2.75, 3.05) is 6.61 Å². The van der Waals surface area contributed by atoms with Gasteiger partial charge in [0.15, 0.2) is 11.9 Å². The molecule has 2 aliphatic rings. The highest BCUT2D eigenvalue weighted by Crippen LogP contribution is 2.51. The summed E-state index contributed by atoms with van der Waals surface area (Å²) in [5.74, 6) is -3.43. The lowest BCUT2D eigenvalue weighted by Gasteiger charge is -2.48. The van der Waals surface area contributed by atoms with Gasteiger partial charge in [-0.05, 0) is 54.1 Å². The molecule has 11 nitrogen and oxygen atoms in total. The average Bonchev–Trinajstić information content (AvgIpc) is 2.79. The number of hydrogen-bond acceptors (Lipinski definition) is 11. The van der Waals surface area contributed by atoms with Gasteiger partial charge in [-0.25, -0.2) is 0 Å². The third kappa shape index (κ3) is 7.55. The Labute approximate surface area is 228 Å². The van der Waals surface area contributed by atoms with Gasteiger partial charge in [-0.15, -0.1) is 0 Å². The average molecular weight is 553 g/mol. The van der Waals surface area contributed by atoms with E-state index < -0.39 is 72.3 Å². The molecule has 0 radical (unpaired) electrons. The van der Waals surface area contributed by atoms with Crippen LogP contribution in [0.15, 0.2) is 34.1 Å². The third-order valence-electron chi connectivity index (χ3n) is 7.37. The summed E-state index contributed by atoms with van der Waals surface area (Å²) in [7, 11) is 0. The van der Waals surface area contributed by atoms with E-state index in [0.29, 0.717) is 11.1 Å². The zero-order chi connectivity index (χ0) is 29.8. The van der Waals surface area contributed by atoms with Gasteiger partial charge in [0.2, 0.25) is 0 Å². The molecule has 0 unspecified atom stereocenters. The van der Waals surface area contributed by atoms with Crippen molar-refractivity contribution in [3.63, 3.8) is 0 Å². The number of hydrogen-bond donors (Lipinski definition) is 3. The van der Waals surface area contributed by atoms with E-state index in [1.807, 2.05) is 13.8 Å². The maximum absolute atomic E-state index is 12.4. The fraction of sp³-hybridized carbons (Fsp3) is 0.643. The van der Waals surface area contributed by atoms with Gasteiger partial charge in [0, 0.05) is 40.0 Å². The second-order valence-electron chi connectivity index (χ2n) is 10.6. The second-order valence-corrected chi connectivity index (χ2v) is 10.6. The summed E-state index contributed by atoms with van der Waals surface area (Å²) in [5.41, 5.74) is 0.215. The maximum Gasteiger partial charge on any atom is 0.307 e. The van der Waals surface area contributed by atoms with Crippen LogP contribution in [0.2, 0.25) is 0 Å². The molecule has 0 heterocycles. The summed E-state index contributed by atoms with van der Waals surface area (Å²) < 4.78 is 22.6. The van der Waals surface area contributed by atoms with Gasteiger partial charge in [0.05, 0.1) is 18.8 Å². The van der Waals surface area contributed by atoms with Crippen molar-refractivity contribution < 1.29 is 53.4 Å². The normalized spacial score (nSPS) is 32.5. The molecule has 2 bridgehead atoms. The van der Waals surface area contributed by atoms with E-state index in [1.165, 1.54) is 33.8 Å². The Bertz CT molecular complexity index is 1080. The third-order valence-corrected chi connectivity index (χ3v) is 7.37. The minimum atomic E-state index is -1.39. The van der Waals surface area contributed by atoms with Crippen molar-refractivity contribution in [1.29, 1.82) is 0 Å². The molecule has 0 fully saturated rings. The van der Waals surface area contributed by atoms with Gasteiger partial charge < -0.3 is 34.3 Å². The molecule has 0 aromatic heterocycles. The SMILES string of the molecule is CC(=O)O/C1=C(\C)[C@H](O)C[C@H](O)/C(CO)=C/[C@H](OC(C)=O)[C@@H]2C[C@H](OC(C)=O)C(C)=C([C@H]1OC(C)=O)C2(C)C. The summed E-state index contributed by atoms with van der Waals surface area (Å²) >= 11 is 0. The Kier molecular flexibility index (Phi) is 10.6. The minimum absolute atomic E-state index is 0.104. The zero-order valence-corrected chi connectivity index (χ0v) is 23.8. The summed E-state index contributed by atoms with van der Waals surface area (Å²) in [4.78, 5) is 48.9. The van der Waals surface area contributed by atoms with Gasteiger partial charge in [-0.1, -0.05) is 13.8 Å². The first-order chi connectivity index (χ1) is 18.0. The molecule has 0 saturated heterocycles. The van der Waals surface area contributed by atoms with Crippen molar-refractivity contribution in [3.8, 4) is 0 Å². The first kappa shape index (κ1) is 32.2. The highest BCUT2D eigenvalue weighted by Gasteiger charge is 2.51. The van der Waals surface area contributed by atoms with E-state index in [4.69, 9.17) is 18.9 Å². The van der Waals surface area contributed by atoms with Gasteiger partial charge >= 0.3 is 23.9 Å². The van der Waals surface area contributed by atoms with E-state index >= 15 is 0 Å². The van der Waals surface area contributed by atoms with Crippen LogP contribution in [0.25, 0.3) is 0 Å². The molecule has 0 aliphatic heterocycles. The Morgan fingerprint density at radius 1 is 0.846 bits per heavy atom. The van der Waals surface area contributed by atoms with E-state index in [-0.39, 0.29) is 29.7 Å². The van der Waals surface area contributed by atoms with Crippen LogP contribution < -0.4 is 0 Å². The smallest absolute Gasteiger partial charge is 0.307 e. The van der Waals surface area contributed by atoms with Crippen LogP contribution in [0.3, 0.4) is 0 Å². The van der Waals surface area contributed by atoms with Crippen molar-refractivity contribution >= 4 is 23.9 Å². The van der Waals surface area contributed by atoms with Gasteiger partial charge in [-0.2, -0.15) is 0 Å². The van der Waals surface area contributed by atoms with E-state index in [2.05, 4.69) is 0 Å². The highest BCUT2D eigenvalue weighted by atomic mass is 16.6. The van der Waals surface area contributed by atoms with Gasteiger partial charge in [0.1, 0.15) is 12.2 Å². The van der Waals surface area contributed by atoms with Crippen molar-refractivity contribution in [2.24, 2.45) is 11.3 Å². The fourth-order valence-electron chi connectivity index (χ4n) is 5.52. The summed E-state index contributed by atoms with van der Waals surface area (Å²) in [6.45, 7) is 11.0. The fourth-order valence-corrected chi connectivity index (χ4v) is 5.52. The number of esters is 4. The number of fused-ring (bicyclic) bond motifs is 2. The lowest BCUT2D eigenvalue weighted by atomic mass is 9.60. The topological polar surface area (TPSA) is 166 Å². The molecular weight excluding hydrogens is 512 g/mol. The molecule has 0 aromatic rings. The van der Waals surface area contributed by atoms with Gasteiger partial charge in [-0.3, -0.25) is 19.2 Å². The summed E-state index contributed by atoms with van der Waals surface area (Å²) in [6.07, 6.45) is -4.61. The summed E-state index contributed by atoms with van der Waals surface area (Å²) in [5, 5.41) is 32.1. The number of aliphatic hydroxyl groups excluding tert-OH is 3. The first-order valence-corrected chi connectivity index (χ1v) is 12.8. The quantitative estimate of drug-likeness (QED) is 0.259. The summed E-state index contributed by atoms with van der Waals surface area (Å²) in [6, 6.07) is 0. The highest BCUT2D eigenvalue weighted by molar-refractivity contribution is 5.70. The number of aliphatic hydroxyl groups is 3. The number of carbonyl (C=O) groups is 4. The first-order valence-electron chi connectivity index (χ1n) is 12.8. The maximum atomic E-state index is 12.4. The zero-order valence-electron chi connectivity index (χ0n) is 23.8. The Morgan fingerprint density at radius 3 is 1.90 bits per heavy atom. The molecule has 0 aromatic carbocycles. The predicted octanol–water partition coefficient (Wildman–Crippen LogP) is 2.03. The molecule has 0 saturated carbocycles. The molecule has 2 aliphatic carbocycles. The molecule has 0 amide bonds. The van der Waals surface area contributed by atoms with Crippen LogP contribution >= 0.6 is 0 Å². The minimum Gasteiger partial charge on any atom is -0.458 e. The van der Waals surface area contributed by atoms with Crippen LogP contribution in [-0.2, 0) is 38.1 Å². The molecule has 6 atom stereocenters. The Morgan fingerprint density at radius 2 is 1.41 bits per heavy atom. The van der Waals surface area contributed by atoms with E-state index in [9.17, 15) is 34.5 Å². The van der Waals surface area contributed by atoms with Crippen molar-refractivity contribution in [1.82, 2.24) is 0 Å². The van der Waals surface area contributed by atoms with Gasteiger partial charge in [0.25, 0.3) is 0 Å². The largest absolute Gasteiger partial charge is 0.458 e. The Hall–Kier alpha value is -3.02. The van der Waals surface area contributed by atoms with Crippen molar-refractivity contribution in [3.05, 3.63) is 34.1 Å². The van der Waals surface area contributed by atoms with Crippen LogP contribution in [0.4, 0.5) is 0 Å². The lowest BCUT2D eigenvalue weighted by molar-refractivity contribution is -0.156. The molecule has 2 rings (SSSR count). The molecule has 11 heteroatoms. The second kappa shape index (κ2) is 12.9. The lowest BCUT2D eigenvalue weighted by Crippen LogP contribution is -2.49. The standard InChI is InChI=1S/C28H40O11/c1-13-21(34)11-22(35)19(12-29)9-24(37-16(4)31)20-10-23(36-15(3)30)14(2)25(28(20,7)8)27(39-18(6)33)26(13)38-17(5)32/h9,20-24,27,29,34-35H,10-12H2,1-8H3/b19-9+,26-13+/t20-,21+,22-,23-,24-,27+/m0/s1. The number of rotatable bonds is 5. The number of carbonyl (C=O) groups excluding carboxylic acids is 4. The molecule has 218 valence electrons. The van der Waals surface area contributed by atoms with Crippen LogP contribution in [0.1, 0.15) is 68.2 Å². The van der Waals surface area contributed by atoms with Crippen LogP contribution in [0.5, 0.6) is 0 Å². The molecular formula is C28H40O11. The van der Waals surface area contributed by atoms with E-state index in [0.717, 1.165) is 6.92 Å². The van der Waals surface area contributed by atoms with E-state index in [1.54, 1.807) is 6.92 Å². The van der Waals surface area contributed by atoms with Crippen LogP contribution in [0, 0.1) is 11.3 Å². The van der Waals surface area contributed by atoms with Crippen molar-refractivity contribution in [2.45, 2.75) is 98.8 Å². The monoisotopic (exact) mass is 552 g/mol. The Balaban J connectivity index is 3.05. The molecule has 39 heavy (non-hydrogen) atoms. The molecule has 3 N–H and O–H groups in total. The van der Waals surface area contributed by atoms with Crippen LogP contribution in [-0.4, -0.2) is 76.3 Å². The number of ether oxygens (including phenoxy) is 4.